The lowest BCUT2D eigenvalue weighted by Crippen LogP contribution is -2.40. The van der Waals surface area contributed by atoms with Gasteiger partial charge in [0.15, 0.2) is 0 Å². The van der Waals surface area contributed by atoms with Crippen LogP contribution in [-0.2, 0) is 23.3 Å². The molecule has 5 atom stereocenters. The summed E-state index contributed by atoms with van der Waals surface area (Å²) in [5, 5.41) is 0. The summed E-state index contributed by atoms with van der Waals surface area (Å²) in [4.78, 5) is 11.9. The minimum atomic E-state index is -4.17. The quantitative estimate of drug-likeness (QED) is 0.355. The van der Waals surface area contributed by atoms with Crippen LogP contribution in [0, 0.1) is 12.3 Å². The van der Waals surface area contributed by atoms with Crippen LogP contribution >= 0.6 is 7.60 Å². The van der Waals surface area contributed by atoms with Crippen molar-refractivity contribution in [2.75, 3.05) is 27.4 Å². The van der Waals surface area contributed by atoms with Crippen LogP contribution in [0.4, 0.5) is 0 Å². The van der Waals surface area contributed by atoms with E-state index in [1.54, 1.807) is 0 Å². The summed E-state index contributed by atoms with van der Waals surface area (Å²) in [7, 11) is 4.04. The summed E-state index contributed by atoms with van der Waals surface area (Å²) in [5.41, 5.74) is -1.04. The SMILES string of the molecule is [B]C1OC(COC)C(P(=O)([O-])OC)C1OCC#C. The van der Waals surface area contributed by atoms with E-state index in [2.05, 4.69) is 10.4 Å². The molecular weight excluding hydrogens is 258 g/mol. The second-order valence-electron chi connectivity index (χ2n) is 3.79. The summed E-state index contributed by atoms with van der Waals surface area (Å²) in [6.07, 6.45) is 3.46. The molecule has 0 aromatic heterocycles. The summed E-state index contributed by atoms with van der Waals surface area (Å²) in [6, 6.07) is -0.888. The molecule has 18 heavy (non-hydrogen) atoms. The number of ether oxygens (including phenoxy) is 3. The average Bonchev–Trinajstić information content (AvgIpc) is 2.64. The Balaban J connectivity index is 2.92. The van der Waals surface area contributed by atoms with E-state index in [9.17, 15) is 9.46 Å². The maximum absolute atomic E-state index is 11.9. The second kappa shape index (κ2) is 6.71. The van der Waals surface area contributed by atoms with Crippen molar-refractivity contribution < 1.29 is 28.2 Å². The van der Waals surface area contributed by atoms with E-state index in [-0.39, 0.29) is 13.2 Å². The van der Waals surface area contributed by atoms with Crippen LogP contribution < -0.4 is 4.89 Å². The smallest absolute Gasteiger partial charge is 0.143 e. The van der Waals surface area contributed by atoms with Gasteiger partial charge in [0.25, 0.3) is 0 Å². The third-order valence-corrected chi connectivity index (χ3v) is 4.55. The second-order valence-corrected chi connectivity index (χ2v) is 5.83. The van der Waals surface area contributed by atoms with Crippen LogP contribution in [0.5, 0.6) is 0 Å². The highest BCUT2D eigenvalue weighted by atomic mass is 31.2. The molecule has 1 saturated heterocycles. The zero-order valence-corrected chi connectivity index (χ0v) is 11.2. The van der Waals surface area contributed by atoms with Gasteiger partial charge in [-0.25, -0.2) is 0 Å². The molecule has 0 aromatic carbocycles. The lowest BCUT2D eigenvalue weighted by Gasteiger charge is -2.33. The number of terminal acetylenes is 1. The molecule has 2 radical (unpaired) electrons. The van der Waals surface area contributed by atoms with Crippen molar-refractivity contribution in [1.29, 1.82) is 0 Å². The maximum Gasteiger partial charge on any atom is 0.143 e. The van der Waals surface area contributed by atoms with E-state index >= 15 is 0 Å². The Hall–Kier alpha value is -0.345. The lowest BCUT2D eigenvalue weighted by molar-refractivity contribution is -0.202. The van der Waals surface area contributed by atoms with Crippen molar-refractivity contribution in [3.05, 3.63) is 0 Å². The van der Waals surface area contributed by atoms with Crippen molar-refractivity contribution in [2.45, 2.75) is 23.9 Å². The highest BCUT2D eigenvalue weighted by Gasteiger charge is 2.48. The standard InChI is InChI=1S/C10H16BO6P/c1-4-5-16-8-9(18(12,13)15-3)7(6-14-2)17-10(8)11/h1,7-10H,5-6H2,2-3H3,(H,12,13)/p-1. The number of hydrogen-bond donors (Lipinski definition) is 0. The Morgan fingerprint density at radius 2 is 2.22 bits per heavy atom. The third-order valence-electron chi connectivity index (χ3n) is 2.68. The molecule has 0 saturated carbocycles. The molecule has 1 aliphatic rings. The van der Waals surface area contributed by atoms with E-state index in [1.165, 1.54) is 7.11 Å². The molecule has 0 aliphatic carbocycles. The Bertz CT molecular complexity index is 357. The van der Waals surface area contributed by atoms with Crippen molar-refractivity contribution in [1.82, 2.24) is 0 Å². The molecule has 6 nitrogen and oxygen atoms in total. The van der Waals surface area contributed by atoms with Crippen molar-refractivity contribution in [3.63, 3.8) is 0 Å². The van der Waals surface area contributed by atoms with Crippen LogP contribution in [0.2, 0.25) is 0 Å². The first-order chi connectivity index (χ1) is 8.47. The van der Waals surface area contributed by atoms with Gasteiger partial charge in [-0.15, -0.1) is 6.42 Å². The minimum absolute atomic E-state index is 0.0539. The average molecular weight is 273 g/mol. The van der Waals surface area contributed by atoms with Crippen molar-refractivity contribution in [3.8, 4) is 12.3 Å². The minimum Gasteiger partial charge on any atom is -0.778 e. The summed E-state index contributed by atoms with van der Waals surface area (Å²) >= 11 is 0. The molecule has 1 rings (SSSR count). The van der Waals surface area contributed by atoms with Gasteiger partial charge in [0.1, 0.15) is 22.0 Å². The topological polar surface area (TPSA) is 77.1 Å². The van der Waals surface area contributed by atoms with Gasteiger partial charge in [-0.05, 0) is 0 Å². The van der Waals surface area contributed by atoms with Crippen LogP contribution in [0.3, 0.4) is 0 Å². The van der Waals surface area contributed by atoms with Crippen LogP contribution in [0.25, 0.3) is 0 Å². The van der Waals surface area contributed by atoms with E-state index in [1.807, 2.05) is 0 Å². The molecule has 1 heterocycles. The fraction of sp³-hybridized carbons (Fsp3) is 0.800. The van der Waals surface area contributed by atoms with Gasteiger partial charge in [-0.1, -0.05) is 5.92 Å². The first kappa shape index (κ1) is 15.7. The Labute approximate surface area is 108 Å². The van der Waals surface area contributed by atoms with Gasteiger partial charge in [0.05, 0.1) is 24.5 Å². The summed E-state index contributed by atoms with van der Waals surface area (Å²) in [5.74, 6) is 2.25. The lowest BCUT2D eigenvalue weighted by atomic mass is 9.94. The third kappa shape index (κ3) is 3.36. The van der Waals surface area contributed by atoms with Gasteiger partial charge in [-0.3, -0.25) is 0 Å². The largest absolute Gasteiger partial charge is 0.778 e. The van der Waals surface area contributed by atoms with Gasteiger partial charge in [-0.2, -0.15) is 0 Å². The van der Waals surface area contributed by atoms with E-state index < -0.39 is 31.5 Å². The fourth-order valence-electron chi connectivity index (χ4n) is 1.91. The first-order valence-electron chi connectivity index (χ1n) is 5.29. The molecule has 0 N–H and O–H groups in total. The van der Waals surface area contributed by atoms with Gasteiger partial charge in [0.2, 0.25) is 0 Å². The Kier molecular flexibility index (Phi) is 5.86. The van der Waals surface area contributed by atoms with Crippen LogP contribution in [0.15, 0.2) is 0 Å². The molecule has 1 fully saturated rings. The van der Waals surface area contributed by atoms with Gasteiger partial charge < -0.3 is 28.2 Å². The van der Waals surface area contributed by atoms with E-state index in [4.69, 9.17) is 28.5 Å². The molecular formula is C10H15BO6P-. The Morgan fingerprint density at radius 1 is 1.56 bits per heavy atom. The van der Waals surface area contributed by atoms with E-state index in [0.29, 0.717) is 0 Å². The molecule has 100 valence electrons. The van der Waals surface area contributed by atoms with E-state index in [0.717, 1.165) is 7.11 Å². The molecule has 0 spiro atoms. The predicted octanol–water partition coefficient (Wildman–Crippen LogP) is -0.887. The van der Waals surface area contributed by atoms with Crippen LogP contribution in [-0.4, -0.2) is 59.1 Å². The zero-order valence-electron chi connectivity index (χ0n) is 10.3. The molecule has 0 amide bonds. The zero-order chi connectivity index (χ0) is 13.8. The maximum atomic E-state index is 11.9. The summed E-state index contributed by atoms with van der Waals surface area (Å²) < 4.78 is 31.9. The molecule has 5 unspecified atom stereocenters. The molecule has 0 aromatic rings. The Morgan fingerprint density at radius 3 is 2.72 bits per heavy atom. The highest BCUT2D eigenvalue weighted by Crippen LogP contribution is 2.50. The highest BCUT2D eigenvalue weighted by molar-refractivity contribution is 7.52. The van der Waals surface area contributed by atoms with Crippen LogP contribution in [0.1, 0.15) is 0 Å². The van der Waals surface area contributed by atoms with Crippen molar-refractivity contribution in [2.24, 2.45) is 0 Å². The molecule has 8 heteroatoms. The number of hydrogen-bond acceptors (Lipinski definition) is 6. The number of rotatable bonds is 6. The van der Waals surface area contributed by atoms with Gasteiger partial charge >= 0.3 is 0 Å². The van der Waals surface area contributed by atoms with Gasteiger partial charge in [0, 0.05) is 20.2 Å². The normalized spacial score (nSPS) is 35.0. The molecule has 1 aliphatic heterocycles. The van der Waals surface area contributed by atoms with Crippen molar-refractivity contribution >= 4 is 15.4 Å². The first-order valence-corrected chi connectivity index (χ1v) is 6.90. The number of methoxy groups -OCH3 is 1. The monoisotopic (exact) mass is 273 g/mol. The summed E-state index contributed by atoms with van der Waals surface area (Å²) in [6.45, 7) is 0.0194. The molecule has 0 bridgehead atoms. The fourth-order valence-corrected chi connectivity index (χ4v) is 3.33. The predicted molar refractivity (Wildman–Crippen MR) is 63.3 cm³/mol.